The normalized spacial score (nSPS) is 11.9. The van der Waals surface area contributed by atoms with E-state index in [2.05, 4.69) is 15.8 Å². The maximum absolute atomic E-state index is 12.3. The molecule has 0 aliphatic heterocycles. The molecule has 0 bridgehead atoms. The Morgan fingerprint density at radius 2 is 1.73 bits per heavy atom. The molecule has 2 amide bonds. The van der Waals surface area contributed by atoms with Crippen molar-refractivity contribution < 1.29 is 14.3 Å². The van der Waals surface area contributed by atoms with Crippen molar-refractivity contribution in [2.75, 3.05) is 0 Å². The number of rotatable bonds is 6. The Morgan fingerprint density at radius 1 is 0.967 bits per heavy atom. The second kappa shape index (κ2) is 8.69. The fourth-order valence-corrected chi connectivity index (χ4v) is 3.38. The van der Waals surface area contributed by atoms with Crippen LogP contribution in [0.1, 0.15) is 18.9 Å². The lowest BCUT2D eigenvalue weighted by molar-refractivity contribution is -0.132. The molecular weight excluding hydrogens is 378 g/mol. The second-order valence-electron chi connectivity index (χ2n) is 7.17. The zero-order valence-electron chi connectivity index (χ0n) is 16.6. The van der Waals surface area contributed by atoms with Gasteiger partial charge in [-0.15, -0.1) is 0 Å². The van der Waals surface area contributed by atoms with Crippen molar-refractivity contribution in [2.45, 2.75) is 25.9 Å². The van der Waals surface area contributed by atoms with E-state index in [1.54, 1.807) is 6.92 Å². The average molecular weight is 401 g/mol. The number of H-pyrrole nitrogens is 1. The molecular formula is C24H23N3O3. The maximum Gasteiger partial charge on any atom is 0.279 e. The van der Waals surface area contributed by atoms with E-state index in [-0.39, 0.29) is 12.3 Å². The molecule has 0 saturated heterocycles. The minimum Gasteiger partial charge on any atom is -0.481 e. The van der Waals surface area contributed by atoms with Gasteiger partial charge in [0.1, 0.15) is 5.75 Å². The topological polar surface area (TPSA) is 83.2 Å². The molecule has 4 aromatic rings. The van der Waals surface area contributed by atoms with Crippen LogP contribution in [0.15, 0.2) is 72.9 Å². The fraction of sp³-hybridized carbons (Fsp3) is 0.167. The zero-order valence-corrected chi connectivity index (χ0v) is 16.6. The van der Waals surface area contributed by atoms with Crippen LogP contribution in [0.5, 0.6) is 5.75 Å². The number of hydrazine groups is 1. The third-order valence-electron chi connectivity index (χ3n) is 5.02. The first kappa shape index (κ1) is 19.5. The molecule has 6 heteroatoms. The van der Waals surface area contributed by atoms with Gasteiger partial charge in [0.25, 0.3) is 5.91 Å². The Kier molecular flexibility index (Phi) is 5.66. The third-order valence-corrected chi connectivity index (χ3v) is 5.02. The first-order chi connectivity index (χ1) is 14.6. The van der Waals surface area contributed by atoms with E-state index in [9.17, 15) is 9.59 Å². The Labute approximate surface area is 174 Å². The quantitative estimate of drug-likeness (QED) is 0.429. The predicted molar refractivity (Wildman–Crippen MR) is 117 cm³/mol. The molecule has 0 aliphatic rings. The Bertz CT molecular complexity index is 1200. The lowest BCUT2D eigenvalue weighted by Crippen LogP contribution is -2.47. The minimum atomic E-state index is -0.750. The summed E-state index contributed by atoms with van der Waals surface area (Å²) in [4.78, 5) is 27.6. The molecule has 1 heterocycles. The lowest BCUT2D eigenvalue weighted by atomic mass is 10.1. The number of carbonyl (C=O) groups is 2. The molecule has 0 fully saturated rings. The number of ether oxygens (including phenoxy) is 1. The number of carbonyl (C=O) groups excluding carboxylic acids is 2. The summed E-state index contributed by atoms with van der Waals surface area (Å²) in [5.74, 6) is -0.0721. The van der Waals surface area contributed by atoms with Crippen LogP contribution < -0.4 is 15.6 Å². The highest BCUT2D eigenvalue weighted by molar-refractivity contribution is 5.87. The molecule has 0 aliphatic carbocycles. The zero-order chi connectivity index (χ0) is 20.9. The number of aryl methyl sites for hydroxylation is 1. The lowest BCUT2D eigenvalue weighted by Gasteiger charge is -2.15. The highest BCUT2D eigenvalue weighted by Crippen LogP contribution is 2.21. The highest BCUT2D eigenvalue weighted by atomic mass is 16.5. The minimum absolute atomic E-state index is 0.258. The Morgan fingerprint density at radius 3 is 2.60 bits per heavy atom. The first-order valence-corrected chi connectivity index (χ1v) is 9.89. The number of nitrogens with one attached hydrogen (secondary N) is 3. The van der Waals surface area contributed by atoms with Gasteiger partial charge < -0.3 is 9.72 Å². The molecule has 3 aromatic carbocycles. The van der Waals surface area contributed by atoms with Crippen LogP contribution in [0.3, 0.4) is 0 Å². The number of aromatic amines is 1. The van der Waals surface area contributed by atoms with E-state index in [1.807, 2.05) is 72.9 Å². The summed E-state index contributed by atoms with van der Waals surface area (Å²) in [6, 6.07) is 21.5. The monoisotopic (exact) mass is 401 g/mol. The maximum atomic E-state index is 12.3. The second-order valence-corrected chi connectivity index (χ2v) is 7.17. The molecule has 6 nitrogen and oxygen atoms in total. The van der Waals surface area contributed by atoms with Crippen molar-refractivity contribution in [3.63, 3.8) is 0 Å². The van der Waals surface area contributed by atoms with Gasteiger partial charge in [0, 0.05) is 23.5 Å². The predicted octanol–water partition coefficient (Wildman–Crippen LogP) is 3.87. The van der Waals surface area contributed by atoms with Crippen molar-refractivity contribution in [1.82, 2.24) is 15.8 Å². The van der Waals surface area contributed by atoms with Crippen LogP contribution in [0.25, 0.3) is 21.7 Å². The number of para-hydroxylation sites is 1. The SMILES string of the molecule is CC(Oc1ccc2ccccc2c1)C(=O)NNC(=O)CCc1c[nH]c2ccccc12. The van der Waals surface area contributed by atoms with Crippen molar-refractivity contribution in [3.8, 4) is 5.75 Å². The standard InChI is InChI=1S/C24H23N3O3/c1-16(30-20-12-10-17-6-2-3-7-18(17)14-20)24(29)27-26-23(28)13-11-19-15-25-22-9-5-4-8-21(19)22/h2-10,12,14-16,25H,11,13H2,1H3,(H,26,28)(H,27,29). The molecule has 1 atom stereocenters. The van der Waals surface area contributed by atoms with Crippen LogP contribution in [-0.2, 0) is 16.0 Å². The summed E-state index contributed by atoms with van der Waals surface area (Å²) in [6.07, 6.45) is 2.01. The van der Waals surface area contributed by atoms with Crippen LogP contribution in [0, 0.1) is 0 Å². The number of amides is 2. The van der Waals surface area contributed by atoms with Crippen LogP contribution in [-0.4, -0.2) is 22.9 Å². The van der Waals surface area contributed by atoms with Crippen LogP contribution in [0.4, 0.5) is 0 Å². The van der Waals surface area contributed by atoms with E-state index in [0.29, 0.717) is 12.2 Å². The fourth-order valence-electron chi connectivity index (χ4n) is 3.38. The third kappa shape index (κ3) is 4.43. The Balaban J connectivity index is 1.26. The van der Waals surface area contributed by atoms with E-state index < -0.39 is 12.0 Å². The van der Waals surface area contributed by atoms with E-state index in [0.717, 1.165) is 27.2 Å². The number of hydrogen-bond donors (Lipinski definition) is 3. The number of hydrogen-bond acceptors (Lipinski definition) is 3. The number of fused-ring (bicyclic) bond motifs is 2. The van der Waals surface area contributed by atoms with Gasteiger partial charge in [-0.25, -0.2) is 0 Å². The van der Waals surface area contributed by atoms with Gasteiger partial charge in [0.05, 0.1) is 0 Å². The van der Waals surface area contributed by atoms with E-state index in [4.69, 9.17) is 4.74 Å². The summed E-state index contributed by atoms with van der Waals surface area (Å²) < 4.78 is 5.72. The number of benzene rings is 3. The van der Waals surface area contributed by atoms with Gasteiger partial charge in [-0.2, -0.15) is 0 Å². The summed E-state index contributed by atoms with van der Waals surface area (Å²) >= 11 is 0. The number of aromatic nitrogens is 1. The van der Waals surface area contributed by atoms with Gasteiger partial charge in [0.2, 0.25) is 5.91 Å². The molecule has 30 heavy (non-hydrogen) atoms. The smallest absolute Gasteiger partial charge is 0.279 e. The summed E-state index contributed by atoms with van der Waals surface area (Å²) in [6.45, 7) is 1.64. The van der Waals surface area contributed by atoms with Crippen LogP contribution in [0.2, 0.25) is 0 Å². The van der Waals surface area contributed by atoms with E-state index in [1.165, 1.54) is 0 Å². The summed E-state index contributed by atoms with van der Waals surface area (Å²) in [5.41, 5.74) is 7.01. The van der Waals surface area contributed by atoms with Crippen molar-refractivity contribution >= 4 is 33.5 Å². The van der Waals surface area contributed by atoms with Crippen molar-refractivity contribution in [2.24, 2.45) is 0 Å². The van der Waals surface area contributed by atoms with Gasteiger partial charge >= 0.3 is 0 Å². The van der Waals surface area contributed by atoms with Gasteiger partial charge in [-0.1, -0.05) is 48.5 Å². The highest BCUT2D eigenvalue weighted by Gasteiger charge is 2.16. The summed E-state index contributed by atoms with van der Waals surface area (Å²) in [5, 5.41) is 3.24. The van der Waals surface area contributed by atoms with Gasteiger partial charge in [0.15, 0.2) is 6.10 Å². The molecule has 1 unspecified atom stereocenters. The van der Waals surface area contributed by atoms with Crippen molar-refractivity contribution in [1.29, 1.82) is 0 Å². The van der Waals surface area contributed by atoms with E-state index >= 15 is 0 Å². The van der Waals surface area contributed by atoms with Gasteiger partial charge in [-0.05, 0) is 47.9 Å². The molecule has 0 radical (unpaired) electrons. The molecule has 152 valence electrons. The first-order valence-electron chi connectivity index (χ1n) is 9.89. The molecule has 3 N–H and O–H groups in total. The average Bonchev–Trinajstić information content (AvgIpc) is 3.19. The molecule has 1 aromatic heterocycles. The molecule has 0 saturated carbocycles. The summed E-state index contributed by atoms with van der Waals surface area (Å²) in [7, 11) is 0. The molecule has 0 spiro atoms. The molecule has 4 rings (SSSR count). The largest absolute Gasteiger partial charge is 0.481 e. The van der Waals surface area contributed by atoms with Crippen LogP contribution >= 0.6 is 0 Å². The van der Waals surface area contributed by atoms with Gasteiger partial charge in [-0.3, -0.25) is 20.4 Å². The van der Waals surface area contributed by atoms with Crippen molar-refractivity contribution in [3.05, 3.63) is 78.5 Å². The Hall–Kier alpha value is -3.80.